The van der Waals surface area contributed by atoms with Crippen molar-refractivity contribution >= 4 is 27.5 Å². The van der Waals surface area contributed by atoms with E-state index in [1.807, 2.05) is 18.2 Å². The molecule has 0 heterocycles. The molecule has 0 aliphatic rings. The van der Waals surface area contributed by atoms with E-state index >= 15 is 0 Å². The van der Waals surface area contributed by atoms with Crippen molar-refractivity contribution in [2.75, 3.05) is 13.1 Å². The molecule has 0 aliphatic heterocycles. The lowest BCUT2D eigenvalue weighted by Gasteiger charge is -2.17. The molecule has 0 radical (unpaired) electrons. The highest BCUT2D eigenvalue weighted by Gasteiger charge is 2.09. The minimum absolute atomic E-state index is 0.0962. The molecule has 1 rings (SSSR count). The third-order valence-corrected chi connectivity index (χ3v) is 3.47. The van der Waals surface area contributed by atoms with Crippen molar-refractivity contribution in [2.45, 2.75) is 12.5 Å². The van der Waals surface area contributed by atoms with Gasteiger partial charge in [0, 0.05) is 30.0 Å². The second-order valence-corrected chi connectivity index (χ2v) is 4.63. The Labute approximate surface area is 110 Å². The smallest absolute Gasteiger partial charge is 0.0551 e. The van der Waals surface area contributed by atoms with Gasteiger partial charge in [0.05, 0.1) is 5.02 Å². The van der Waals surface area contributed by atoms with Gasteiger partial charge in [-0.25, -0.2) is 0 Å². The standard InChI is InChI=1S/C12H14BrClN2/c1-2-3-6-16-12(8-15)9-4-5-10(13)11(14)7-9/h1,4-5,7,12,16H,3,6,8,15H2. The van der Waals surface area contributed by atoms with Gasteiger partial charge in [-0.1, -0.05) is 17.7 Å². The van der Waals surface area contributed by atoms with Gasteiger partial charge in [-0.05, 0) is 33.6 Å². The number of halogens is 2. The summed E-state index contributed by atoms with van der Waals surface area (Å²) < 4.78 is 0.886. The van der Waals surface area contributed by atoms with Crippen LogP contribution >= 0.6 is 27.5 Å². The van der Waals surface area contributed by atoms with Crippen LogP contribution in [0.25, 0.3) is 0 Å². The highest BCUT2D eigenvalue weighted by atomic mass is 79.9. The van der Waals surface area contributed by atoms with E-state index in [1.54, 1.807) is 0 Å². The first kappa shape index (κ1) is 13.5. The molecule has 0 fully saturated rings. The molecular weight excluding hydrogens is 288 g/mol. The fraction of sp³-hybridized carbons (Fsp3) is 0.333. The maximum absolute atomic E-state index is 6.03. The Kier molecular flexibility index (Phi) is 5.86. The van der Waals surface area contributed by atoms with Crippen LogP contribution in [0, 0.1) is 12.3 Å². The third-order valence-electron chi connectivity index (χ3n) is 2.24. The molecule has 0 aromatic heterocycles. The van der Waals surface area contributed by atoms with Crippen molar-refractivity contribution in [3.05, 3.63) is 33.3 Å². The van der Waals surface area contributed by atoms with Gasteiger partial charge in [0.25, 0.3) is 0 Å². The molecule has 0 spiro atoms. The summed E-state index contributed by atoms with van der Waals surface area (Å²) in [4.78, 5) is 0. The number of rotatable bonds is 5. The highest BCUT2D eigenvalue weighted by molar-refractivity contribution is 9.10. The molecule has 3 N–H and O–H groups in total. The predicted molar refractivity (Wildman–Crippen MR) is 72.4 cm³/mol. The zero-order chi connectivity index (χ0) is 12.0. The molecule has 1 aromatic rings. The number of hydrogen-bond donors (Lipinski definition) is 2. The molecule has 86 valence electrons. The van der Waals surface area contributed by atoms with Crippen LogP contribution in [0.3, 0.4) is 0 Å². The quantitative estimate of drug-likeness (QED) is 0.648. The summed E-state index contributed by atoms with van der Waals surface area (Å²) >= 11 is 9.38. The molecular formula is C12H14BrClN2. The van der Waals surface area contributed by atoms with Gasteiger partial charge in [0.1, 0.15) is 0 Å². The van der Waals surface area contributed by atoms with Crippen LogP contribution in [-0.2, 0) is 0 Å². The summed E-state index contributed by atoms with van der Waals surface area (Å²) in [6, 6.07) is 5.92. The van der Waals surface area contributed by atoms with Crippen molar-refractivity contribution in [3.63, 3.8) is 0 Å². The Bertz CT molecular complexity index is 387. The van der Waals surface area contributed by atoms with Gasteiger partial charge in [-0.2, -0.15) is 0 Å². The molecule has 0 amide bonds. The molecule has 1 atom stereocenters. The van der Waals surface area contributed by atoms with E-state index in [9.17, 15) is 0 Å². The minimum Gasteiger partial charge on any atom is -0.329 e. The summed E-state index contributed by atoms with van der Waals surface area (Å²) in [6.45, 7) is 1.27. The van der Waals surface area contributed by atoms with Crippen LogP contribution < -0.4 is 11.1 Å². The van der Waals surface area contributed by atoms with Gasteiger partial charge in [-0.3, -0.25) is 0 Å². The minimum atomic E-state index is 0.0962. The predicted octanol–water partition coefficient (Wildman–Crippen LogP) is 2.72. The Morgan fingerprint density at radius 1 is 1.56 bits per heavy atom. The molecule has 0 saturated heterocycles. The lowest BCUT2D eigenvalue weighted by atomic mass is 10.1. The molecule has 0 aliphatic carbocycles. The molecule has 1 aromatic carbocycles. The van der Waals surface area contributed by atoms with Crippen molar-refractivity contribution in [1.82, 2.24) is 5.32 Å². The summed E-state index contributed by atoms with van der Waals surface area (Å²) in [6.07, 6.45) is 5.89. The Hall–Kier alpha value is -0.530. The molecule has 0 bridgehead atoms. The van der Waals surface area contributed by atoms with E-state index in [2.05, 4.69) is 27.2 Å². The normalized spacial score (nSPS) is 12.1. The van der Waals surface area contributed by atoms with E-state index in [0.717, 1.165) is 16.6 Å². The number of terminal acetylenes is 1. The molecule has 2 nitrogen and oxygen atoms in total. The van der Waals surface area contributed by atoms with Crippen molar-refractivity contribution in [1.29, 1.82) is 0 Å². The lowest BCUT2D eigenvalue weighted by molar-refractivity contribution is 0.550. The van der Waals surface area contributed by atoms with Gasteiger partial charge in [-0.15, -0.1) is 12.3 Å². The van der Waals surface area contributed by atoms with Gasteiger partial charge in [0.15, 0.2) is 0 Å². The number of hydrogen-bond acceptors (Lipinski definition) is 2. The Balaban J connectivity index is 2.71. The van der Waals surface area contributed by atoms with E-state index in [0.29, 0.717) is 18.0 Å². The van der Waals surface area contributed by atoms with Crippen LogP contribution in [0.5, 0.6) is 0 Å². The summed E-state index contributed by atoms with van der Waals surface area (Å²) in [7, 11) is 0. The second kappa shape index (κ2) is 6.93. The van der Waals surface area contributed by atoms with E-state index in [4.69, 9.17) is 23.8 Å². The van der Waals surface area contributed by atoms with Crippen LogP contribution in [0.2, 0.25) is 5.02 Å². The summed E-state index contributed by atoms with van der Waals surface area (Å²) in [5.41, 5.74) is 6.78. The van der Waals surface area contributed by atoms with E-state index < -0.39 is 0 Å². The topological polar surface area (TPSA) is 38.0 Å². The lowest BCUT2D eigenvalue weighted by Crippen LogP contribution is -2.28. The second-order valence-electron chi connectivity index (χ2n) is 3.37. The molecule has 16 heavy (non-hydrogen) atoms. The van der Waals surface area contributed by atoms with Crippen LogP contribution in [-0.4, -0.2) is 13.1 Å². The first-order valence-corrected chi connectivity index (χ1v) is 6.18. The number of nitrogens with two attached hydrogens (primary N) is 1. The Morgan fingerprint density at radius 2 is 2.31 bits per heavy atom. The zero-order valence-corrected chi connectivity index (χ0v) is 11.2. The van der Waals surface area contributed by atoms with E-state index in [-0.39, 0.29) is 6.04 Å². The van der Waals surface area contributed by atoms with Crippen molar-refractivity contribution in [2.24, 2.45) is 5.73 Å². The van der Waals surface area contributed by atoms with Gasteiger partial charge < -0.3 is 11.1 Å². The van der Waals surface area contributed by atoms with Gasteiger partial charge in [0.2, 0.25) is 0 Å². The van der Waals surface area contributed by atoms with Crippen LogP contribution in [0.15, 0.2) is 22.7 Å². The first-order chi connectivity index (χ1) is 7.69. The highest BCUT2D eigenvalue weighted by Crippen LogP contribution is 2.25. The summed E-state index contributed by atoms with van der Waals surface area (Å²) in [5, 5.41) is 3.98. The number of benzene rings is 1. The maximum Gasteiger partial charge on any atom is 0.0551 e. The van der Waals surface area contributed by atoms with Gasteiger partial charge >= 0.3 is 0 Å². The largest absolute Gasteiger partial charge is 0.329 e. The average Bonchev–Trinajstić information content (AvgIpc) is 2.29. The summed E-state index contributed by atoms with van der Waals surface area (Å²) in [5.74, 6) is 2.58. The fourth-order valence-corrected chi connectivity index (χ4v) is 1.82. The van der Waals surface area contributed by atoms with Crippen LogP contribution in [0.1, 0.15) is 18.0 Å². The monoisotopic (exact) mass is 300 g/mol. The Morgan fingerprint density at radius 3 is 2.88 bits per heavy atom. The number of nitrogens with one attached hydrogen (secondary N) is 1. The first-order valence-electron chi connectivity index (χ1n) is 5.01. The maximum atomic E-state index is 6.03. The zero-order valence-electron chi connectivity index (χ0n) is 8.84. The fourth-order valence-electron chi connectivity index (χ4n) is 1.38. The molecule has 0 saturated carbocycles. The van der Waals surface area contributed by atoms with Crippen molar-refractivity contribution < 1.29 is 0 Å². The molecule has 4 heteroatoms. The SMILES string of the molecule is C#CCCNC(CN)c1ccc(Br)c(Cl)c1. The third kappa shape index (κ3) is 3.80. The molecule has 1 unspecified atom stereocenters. The van der Waals surface area contributed by atoms with Crippen LogP contribution in [0.4, 0.5) is 0 Å². The van der Waals surface area contributed by atoms with Crippen molar-refractivity contribution in [3.8, 4) is 12.3 Å². The average molecular weight is 302 g/mol. The van der Waals surface area contributed by atoms with E-state index in [1.165, 1.54) is 0 Å².